The molecule has 6 nitrogen and oxygen atoms in total. The molecule has 0 aliphatic carbocycles. The quantitative estimate of drug-likeness (QED) is 0.433. The van der Waals surface area contributed by atoms with Gasteiger partial charge in [-0.3, -0.25) is 0 Å². The molecule has 2 aliphatic rings. The molecule has 0 radical (unpaired) electrons. The summed E-state index contributed by atoms with van der Waals surface area (Å²) in [7, 11) is 0. The predicted octanol–water partition coefficient (Wildman–Crippen LogP) is 2.36. The molecule has 146 valence electrons. The van der Waals surface area contributed by atoms with Crippen LogP contribution in [0.5, 0.6) is 0 Å². The summed E-state index contributed by atoms with van der Waals surface area (Å²) in [5.74, 6) is -0.311. The number of carbonyl (C=O) groups excluding carboxylic acids is 1. The van der Waals surface area contributed by atoms with Gasteiger partial charge in [0.1, 0.15) is 19.5 Å². The first-order valence-electron chi connectivity index (χ1n) is 9.49. The van der Waals surface area contributed by atoms with Crippen molar-refractivity contribution >= 4 is 5.97 Å². The summed E-state index contributed by atoms with van der Waals surface area (Å²) >= 11 is 0. The fourth-order valence-electron chi connectivity index (χ4n) is 4.44. The van der Waals surface area contributed by atoms with Crippen LogP contribution >= 0.6 is 0 Å². The largest absolute Gasteiger partial charge is 0.461 e. The van der Waals surface area contributed by atoms with E-state index in [0.29, 0.717) is 12.1 Å². The van der Waals surface area contributed by atoms with Crippen LogP contribution in [0.3, 0.4) is 0 Å². The molecule has 2 unspecified atom stereocenters. The summed E-state index contributed by atoms with van der Waals surface area (Å²) in [4.78, 5) is 12.1. The Balaban J connectivity index is 1.65. The highest BCUT2D eigenvalue weighted by molar-refractivity contribution is 5.70. The average Bonchev–Trinajstić information content (AvgIpc) is 2.38. The normalized spacial score (nSPS) is 32.3. The van der Waals surface area contributed by atoms with Crippen molar-refractivity contribution < 1.29 is 19.0 Å². The van der Waals surface area contributed by atoms with E-state index in [2.05, 4.69) is 52.2 Å². The molecule has 0 bridgehead atoms. The van der Waals surface area contributed by atoms with Crippen LogP contribution < -0.4 is 10.6 Å². The van der Waals surface area contributed by atoms with Crippen molar-refractivity contribution in [2.75, 3.05) is 13.4 Å². The third-order valence-corrected chi connectivity index (χ3v) is 4.86. The maximum absolute atomic E-state index is 12.1. The summed E-state index contributed by atoms with van der Waals surface area (Å²) in [6.45, 7) is 13.0. The van der Waals surface area contributed by atoms with Crippen molar-refractivity contribution in [1.82, 2.24) is 10.6 Å². The molecular formula is C19H36N2O4. The van der Waals surface area contributed by atoms with Crippen LogP contribution in [0.15, 0.2) is 0 Å². The van der Waals surface area contributed by atoms with E-state index in [1.807, 2.05) is 0 Å². The summed E-state index contributed by atoms with van der Waals surface area (Å²) in [6, 6.07) is 0.899. The molecule has 2 rings (SSSR count). The molecule has 6 heteroatoms. The number of piperidine rings is 2. The second-order valence-corrected chi connectivity index (χ2v) is 9.11. The third kappa shape index (κ3) is 7.21. The zero-order valence-corrected chi connectivity index (χ0v) is 16.7. The Labute approximate surface area is 152 Å². The van der Waals surface area contributed by atoms with E-state index < -0.39 is 0 Å². The highest BCUT2D eigenvalue weighted by atomic mass is 16.7. The van der Waals surface area contributed by atoms with Gasteiger partial charge in [-0.05, 0) is 54.4 Å². The second kappa shape index (κ2) is 8.33. The fraction of sp³-hybridized carbons (Fsp3) is 0.947. The Morgan fingerprint density at radius 3 is 2.12 bits per heavy atom. The number of ether oxygens (including phenoxy) is 3. The van der Waals surface area contributed by atoms with E-state index in [1.165, 1.54) is 0 Å². The Bertz CT molecular complexity index is 427. The Morgan fingerprint density at radius 1 is 1.00 bits per heavy atom. The molecular weight excluding hydrogens is 320 g/mol. The van der Waals surface area contributed by atoms with Gasteiger partial charge in [0.25, 0.3) is 0 Å². The molecule has 0 aromatic carbocycles. The van der Waals surface area contributed by atoms with Gasteiger partial charge in [-0.2, -0.15) is 0 Å². The molecule has 0 amide bonds. The van der Waals surface area contributed by atoms with Crippen molar-refractivity contribution in [3.63, 3.8) is 0 Å². The van der Waals surface area contributed by atoms with E-state index in [-0.39, 0.29) is 42.7 Å². The lowest BCUT2D eigenvalue weighted by molar-refractivity contribution is -0.167. The monoisotopic (exact) mass is 356 g/mol. The van der Waals surface area contributed by atoms with E-state index in [0.717, 1.165) is 25.7 Å². The summed E-state index contributed by atoms with van der Waals surface area (Å²) in [6.07, 6.45) is 3.67. The molecule has 2 atom stereocenters. The Kier molecular flexibility index (Phi) is 6.87. The van der Waals surface area contributed by atoms with Crippen molar-refractivity contribution in [2.45, 2.75) is 103 Å². The standard InChI is InChI=1S/C19H36N2O4/c1-13-7-15(8-14(2)20-13)24-12-23-11-17(22)25-16-9-18(3,4)21-19(5,6)10-16/h13-16,20-21H,7-12H2,1-6H3. The van der Waals surface area contributed by atoms with E-state index in [4.69, 9.17) is 14.2 Å². The van der Waals surface area contributed by atoms with E-state index in [9.17, 15) is 4.79 Å². The van der Waals surface area contributed by atoms with Crippen molar-refractivity contribution in [1.29, 1.82) is 0 Å². The average molecular weight is 357 g/mol. The maximum atomic E-state index is 12.1. The van der Waals surface area contributed by atoms with E-state index in [1.54, 1.807) is 0 Å². The molecule has 0 aromatic heterocycles. The van der Waals surface area contributed by atoms with Gasteiger partial charge in [0.15, 0.2) is 0 Å². The summed E-state index contributed by atoms with van der Waals surface area (Å²) in [5, 5.41) is 7.06. The minimum absolute atomic E-state index is 0.0426. The van der Waals surface area contributed by atoms with Crippen LogP contribution in [0, 0.1) is 0 Å². The molecule has 2 aliphatic heterocycles. The van der Waals surface area contributed by atoms with Crippen molar-refractivity contribution in [3.05, 3.63) is 0 Å². The van der Waals surface area contributed by atoms with Gasteiger partial charge in [0.05, 0.1) is 6.10 Å². The minimum atomic E-state index is -0.311. The molecule has 2 fully saturated rings. The zero-order valence-electron chi connectivity index (χ0n) is 16.7. The van der Waals surface area contributed by atoms with Crippen LogP contribution in [-0.2, 0) is 19.0 Å². The lowest BCUT2D eigenvalue weighted by Crippen LogP contribution is -2.59. The van der Waals surface area contributed by atoms with Crippen LogP contribution in [0.2, 0.25) is 0 Å². The number of carbonyl (C=O) groups is 1. The third-order valence-electron chi connectivity index (χ3n) is 4.86. The van der Waals surface area contributed by atoms with Crippen LogP contribution in [0.4, 0.5) is 0 Å². The number of esters is 1. The van der Waals surface area contributed by atoms with Crippen LogP contribution in [0.25, 0.3) is 0 Å². The SMILES string of the molecule is CC1CC(OCOCC(=O)OC2CC(C)(C)NC(C)(C)C2)CC(C)N1. The molecule has 25 heavy (non-hydrogen) atoms. The first-order valence-corrected chi connectivity index (χ1v) is 9.49. The maximum Gasteiger partial charge on any atom is 0.332 e. The van der Waals surface area contributed by atoms with Crippen molar-refractivity contribution in [3.8, 4) is 0 Å². The van der Waals surface area contributed by atoms with Gasteiger partial charge in [0.2, 0.25) is 0 Å². The van der Waals surface area contributed by atoms with Gasteiger partial charge in [-0.15, -0.1) is 0 Å². The molecule has 0 aromatic rings. The van der Waals surface area contributed by atoms with Gasteiger partial charge in [-0.25, -0.2) is 4.79 Å². The molecule has 2 saturated heterocycles. The lowest BCUT2D eigenvalue weighted by atomic mass is 9.81. The zero-order chi connectivity index (χ0) is 18.7. The number of rotatable bonds is 6. The number of hydrogen-bond donors (Lipinski definition) is 2. The van der Waals surface area contributed by atoms with Crippen molar-refractivity contribution in [2.24, 2.45) is 0 Å². The van der Waals surface area contributed by atoms with Crippen LogP contribution in [-0.4, -0.2) is 54.7 Å². The highest BCUT2D eigenvalue weighted by Gasteiger charge is 2.39. The summed E-state index contributed by atoms with van der Waals surface area (Å²) in [5.41, 5.74) is -0.0852. The Hall–Kier alpha value is -0.690. The molecule has 0 saturated carbocycles. The molecule has 0 spiro atoms. The Morgan fingerprint density at radius 2 is 1.56 bits per heavy atom. The van der Waals surface area contributed by atoms with Crippen LogP contribution in [0.1, 0.15) is 67.2 Å². The van der Waals surface area contributed by atoms with Gasteiger partial charge >= 0.3 is 5.97 Å². The van der Waals surface area contributed by atoms with Gasteiger partial charge in [-0.1, -0.05) is 0 Å². The predicted molar refractivity (Wildman–Crippen MR) is 97.4 cm³/mol. The minimum Gasteiger partial charge on any atom is -0.461 e. The van der Waals surface area contributed by atoms with E-state index >= 15 is 0 Å². The smallest absolute Gasteiger partial charge is 0.332 e. The lowest BCUT2D eigenvalue weighted by Gasteiger charge is -2.45. The van der Waals surface area contributed by atoms with Gasteiger partial charge in [0, 0.05) is 36.0 Å². The first-order chi connectivity index (χ1) is 11.5. The molecule has 2 N–H and O–H groups in total. The summed E-state index contributed by atoms with van der Waals surface area (Å²) < 4.78 is 16.8. The number of hydrogen-bond acceptors (Lipinski definition) is 6. The van der Waals surface area contributed by atoms with Gasteiger partial charge < -0.3 is 24.8 Å². The first kappa shape index (κ1) is 20.6. The number of nitrogens with one attached hydrogen (secondary N) is 2. The second-order valence-electron chi connectivity index (χ2n) is 9.11. The highest BCUT2D eigenvalue weighted by Crippen LogP contribution is 2.30. The molecule has 2 heterocycles. The fourth-order valence-corrected chi connectivity index (χ4v) is 4.44. The topological polar surface area (TPSA) is 68.8 Å².